The van der Waals surface area contributed by atoms with Gasteiger partial charge in [-0.2, -0.15) is 0 Å². The molecule has 1 rings (SSSR count). The summed E-state index contributed by atoms with van der Waals surface area (Å²) in [6.45, 7) is 9.81. The third-order valence-corrected chi connectivity index (χ3v) is 3.10. The SMILES string of the molecule is C=CCN(CC=C)CCc1nc(C(=O)O)cs1. The van der Waals surface area contributed by atoms with Crippen molar-refractivity contribution in [2.24, 2.45) is 0 Å². The number of hydrogen-bond donors (Lipinski definition) is 1. The van der Waals surface area contributed by atoms with Crippen LogP contribution < -0.4 is 0 Å². The maximum atomic E-state index is 10.7. The molecule has 5 heteroatoms. The van der Waals surface area contributed by atoms with Gasteiger partial charge in [0.15, 0.2) is 5.69 Å². The lowest BCUT2D eigenvalue weighted by Crippen LogP contribution is -2.26. The van der Waals surface area contributed by atoms with E-state index in [2.05, 4.69) is 23.0 Å². The first-order valence-corrected chi connectivity index (χ1v) is 6.17. The van der Waals surface area contributed by atoms with Gasteiger partial charge in [-0.15, -0.1) is 24.5 Å². The molecule has 0 radical (unpaired) electrons. The molecular weight excluding hydrogens is 236 g/mol. The van der Waals surface area contributed by atoms with Gasteiger partial charge in [-0.1, -0.05) is 12.2 Å². The molecule has 0 bridgehead atoms. The summed E-state index contributed by atoms with van der Waals surface area (Å²) in [5, 5.41) is 11.2. The average molecular weight is 252 g/mol. The van der Waals surface area contributed by atoms with Crippen LogP contribution in [0.3, 0.4) is 0 Å². The molecule has 0 amide bonds. The van der Waals surface area contributed by atoms with Gasteiger partial charge >= 0.3 is 5.97 Å². The standard InChI is InChI=1S/C12H16N2O2S/c1-3-6-14(7-4-2)8-5-11-13-10(9-17-11)12(15)16/h3-4,9H,1-2,5-8H2,(H,15,16). The van der Waals surface area contributed by atoms with Crippen molar-refractivity contribution in [3.63, 3.8) is 0 Å². The third kappa shape index (κ3) is 4.50. The number of rotatable bonds is 8. The Kier molecular flexibility index (Phi) is 5.59. The van der Waals surface area contributed by atoms with Gasteiger partial charge in [0.1, 0.15) is 0 Å². The Morgan fingerprint density at radius 3 is 2.59 bits per heavy atom. The number of thiazole rings is 1. The van der Waals surface area contributed by atoms with Crippen LogP contribution in [0.25, 0.3) is 0 Å². The second kappa shape index (κ2) is 6.98. The largest absolute Gasteiger partial charge is 0.476 e. The molecule has 1 N–H and O–H groups in total. The van der Waals surface area contributed by atoms with E-state index in [1.165, 1.54) is 11.3 Å². The maximum absolute atomic E-state index is 10.7. The Labute approximate surface area is 105 Å². The van der Waals surface area contributed by atoms with Crippen molar-refractivity contribution in [3.05, 3.63) is 41.4 Å². The molecule has 0 fully saturated rings. The molecule has 0 aliphatic carbocycles. The van der Waals surface area contributed by atoms with Crippen molar-refractivity contribution < 1.29 is 9.90 Å². The minimum Gasteiger partial charge on any atom is -0.476 e. The molecule has 0 aliphatic heterocycles. The summed E-state index contributed by atoms with van der Waals surface area (Å²) in [6.07, 6.45) is 4.43. The quantitative estimate of drug-likeness (QED) is 0.719. The highest BCUT2D eigenvalue weighted by atomic mass is 32.1. The molecule has 0 spiro atoms. The Morgan fingerprint density at radius 1 is 1.47 bits per heavy atom. The molecule has 1 heterocycles. The van der Waals surface area contributed by atoms with Gasteiger partial charge in [0.2, 0.25) is 0 Å². The van der Waals surface area contributed by atoms with E-state index in [9.17, 15) is 4.79 Å². The fourth-order valence-corrected chi connectivity index (χ4v) is 2.16. The molecule has 0 unspecified atom stereocenters. The van der Waals surface area contributed by atoms with Crippen molar-refractivity contribution in [1.29, 1.82) is 0 Å². The van der Waals surface area contributed by atoms with E-state index in [-0.39, 0.29) is 5.69 Å². The minimum absolute atomic E-state index is 0.129. The molecule has 0 saturated carbocycles. The van der Waals surface area contributed by atoms with E-state index in [1.807, 2.05) is 12.2 Å². The van der Waals surface area contributed by atoms with E-state index in [0.29, 0.717) is 0 Å². The number of nitrogens with zero attached hydrogens (tertiary/aromatic N) is 2. The van der Waals surface area contributed by atoms with Gasteiger partial charge < -0.3 is 5.11 Å². The first-order valence-electron chi connectivity index (χ1n) is 5.29. The van der Waals surface area contributed by atoms with Gasteiger partial charge in [0.25, 0.3) is 0 Å². The second-order valence-corrected chi connectivity index (χ2v) is 4.46. The molecule has 92 valence electrons. The molecule has 17 heavy (non-hydrogen) atoms. The number of aromatic carboxylic acids is 1. The summed E-state index contributed by atoms with van der Waals surface area (Å²) in [5.41, 5.74) is 0.129. The lowest BCUT2D eigenvalue weighted by atomic mass is 10.3. The van der Waals surface area contributed by atoms with Crippen LogP contribution in [0.4, 0.5) is 0 Å². The summed E-state index contributed by atoms with van der Waals surface area (Å²) in [5.74, 6) is -0.971. The zero-order valence-electron chi connectivity index (χ0n) is 9.63. The molecule has 4 nitrogen and oxygen atoms in total. The summed E-state index contributed by atoms with van der Waals surface area (Å²) in [6, 6.07) is 0. The van der Waals surface area contributed by atoms with Crippen LogP contribution >= 0.6 is 11.3 Å². The van der Waals surface area contributed by atoms with E-state index in [4.69, 9.17) is 5.11 Å². The molecule has 1 aromatic heterocycles. The number of carboxylic acids is 1. The molecular formula is C12H16N2O2S. The van der Waals surface area contributed by atoms with Crippen molar-refractivity contribution in [1.82, 2.24) is 9.88 Å². The first kappa shape index (κ1) is 13.6. The minimum atomic E-state index is -0.971. The molecule has 0 atom stereocenters. The highest BCUT2D eigenvalue weighted by molar-refractivity contribution is 7.09. The molecule has 0 aliphatic rings. The monoisotopic (exact) mass is 252 g/mol. The Hall–Kier alpha value is -1.46. The van der Waals surface area contributed by atoms with Crippen LogP contribution in [0, 0.1) is 0 Å². The smallest absolute Gasteiger partial charge is 0.355 e. The highest BCUT2D eigenvalue weighted by Crippen LogP contribution is 2.11. The van der Waals surface area contributed by atoms with E-state index in [0.717, 1.165) is 31.1 Å². The molecule has 0 saturated heterocycles. The summed E-state index contributed by atoms with van der Waals surface area (Å²) < 4.78 is 0. The molecule has 1 aromatic rings. The predicted octanol–water partition coefficient (Wildman–Crippen LogP) is 2.06. The van der Waals surface area contributed by atoms with E-state index < -0.39 is 5.97 Å². The third-order valence-electron chi connectivity index (χ3n) is 2.19. The van der Waals surface area contributed by atoms with Crippen LogP contribution in [0.2, 0.25) is 0 Å². The summed E-state index contributed by atoms with van der Waals surface area (Å²) in [7, 11) is 0. The zero-order valence-corrected chi connectivity index (χ0v) is 10.4. The number of carbonyl (C=O) groups is 1. The average Bonchev–Trinajstić information content (AvgIpc) is 2.75. The van der Waals surface area contributed by atoms with E-state index >= 15 is 0 Å². The van der Waals surface area contributed by atoms with E-state index in [1.54, 1.807) is 5.38 Å². The lowest BCUT2D eigenvalue weighted by molar-refractivity contribution is 0.0691. The number of aromatic nitrogens is 1. The van der Waals surface area contributed by atoms with Crippen molar-refractivity contribution >= 4 is 17.3 Å². The fourth-order valence-electron chi connectivity index (χ4n) is 1.40. The van der Waals surface area contributed by atoms with Crippen molar-refractivity contribution in [2.45, 2.75) is 6.42 Å². The van der Waals surface area contributed by atoms with Crippen molar-refractivity contribution in [2.75, 3.05) is 19.6 Å². The zero-order chi connectivity index (χ0) is 12.7. The Balaban J connectivity index is 2.49. The van der Waals surface area contributed by atoms with Crippen LogP contribution in [0.5, 0.6) is 0 Å². The number of hydrogen-bond acceptors (Lipinski definition) is 4. The summed E-state index contributed by atoms with van der Waals surface area (Å²) >= 11 is 1.39. The summed E-state index contributed by atoms with van der Waals surface area (Å²) in [4.78, 5) is 16.9. The van der Waals surface area contributed by atoms with Gasteiger partial charge in [-0.3, -0.25) is 4.90 Å². The van der Waals surface area contributed by atoms with Gasteiger partial charge in [-0.05, 0) is 0 Å². The topological polar surface area (TPSA) is 53.4 Å². The lowest BCUT2D eigenvalue weighted by Gasteiger charge is -2.17. The van der Waals surface area contributed by atoms with Gasteiger partial charge in [-0.25, -0.2) is 9.78 Å². The molecule has 0 aromatic carbocycles. The van der Waals surface area contributed by atoms with Crippen LogP contribution in [-0.4, -0.2) is 40.6 Å². The van der Waals surface area contributed by atoms with Gasteiger partial charge in [0, 0.05) is 31.4 Å². The Morgan fingerprint density at radius 2 is 2.12 bits per heavy atom. The van der Waals surface area contributed by atoms with Crippen LogP contribution in [0.1, 0.15) is 15.5 Å². The van der Waals surface area contributed by atoms with Crippen LogP contribution in [0.15, 0.2) is 30.7 Å². The first-order chi connectivity index (χ1) is 8.17. The predicted molar refractivity (Wildman–Crippen MR) is 69.6 cm³/mol. The van der Waals surface area contributed by atoms with Crippen molar-refractivity contribution in [3.8, 4) is 0 Å². The fraction of sp³-hybridized carbons (Fsp3) is 0.333. The Bertz CT molecular complexity index is 391. The second-order valence-electron chi connectivity index (χ2n) is 3.52. The van der Waals surface area contributed by atoms with Gasteiger partial charge in [0.05, 0.1) is 5.01 Å². The highest BCUT2D eigenvalue weighted by Gasteiger charge is 2.09. The normalized spacial score (nSPS) is 10.4. The number of carboxylic acid groups (broad SMARTS) is 1. The van der Waals surface area contributed by atoms with Crippen LogP contribution in [-0.2, 0) is 6.42 Å². The maximum Gasteiger partial charge on any atom is 0.355 e.